The van der Waals surface area contributed by atoms with Gasteiger partial charge in [-0.1, -0.05) is 61.9 Å². The summed E-state index contributed by atoms with van der Waals surface area (Å²) in [6.07, 6.45) is 3.62. The van der Waals surface area contributed by atoms with Crippen molar-refractivity contribution in [3.8, 4) is 11.5 Å². The van der Waals surface area contributed by atoms with Crippen LogP contribution >= 0.6 is 0 Å². The second-order valence-electron chi connectivity index (χ2n) is 8.29. The maximum Gasteiger partial charge on any atom is 0.257 e. The van der Waals surface area contributed by atoms with E-state index < -0.39 is 0 Å². The Morgan fingerprint density at radius 3 is 2.52 bits per heavy atom. The normalized spacial score (nSPS) is 15.0. The summed E-state index contributed by atoms with van der Waals surface area (Å²) < 4.78 is 11.7. The standard InChI is InChI=1S/C28H32N2O3/c1-3-4-18-30-27(29-24-15-9-8-14-23(24)28(30)31)22-16-17-25(26(20-22)32-2)33-19-10-13-21-11-6-5-7-12-21/h5-9,11-12,14-17,20,27,29H,3-4,10,13,18-19H2,1-2H3. The molecule has 1 N–H and O–H groups in total. The lowest BCUT2D eigenvalue weighted by atomic mass is 10.0. The van der Waals surface area contributed by atoms with Gasteiger partial charge in [0.1, 0.15) is 6.17 Å². The average Bonchev–Trinajstić information content (AvgIpc) is 2.86. The Hall–Kier alpha value is -3.47. The zero-order chi connectivity index (χ0) is 23.0. The van der Waals surface area contributed by atoms with Gasteiger partial charge in [-0.2, -0.15) is 0 Å². The first-order chi connectivity index (χ1) is 16.2. The summed E-state index contributed by atoms with van der Waals surface area (Å²) in [5.74, 6) is 1.45. The molecule has 0 fully saturated rings. The first-order valence-corrected chi connectivity index (χ1v) is 11.7. The van der Waals surface area contributed by atoms with Crippen LogP contribution in [0.25, 0.3) is 0 Å². The molecule has 1 aliphatic rings. The van der Waals surface area contributed by atoms with Gasteiger partial charge in [-0.25, -0.2) is 0 Å². The largest absolute Gasteiger partial charge is 0.493 e. The van der Waals surface area contributed by atoms with Gasteiger partial charge in [0.15, 0.2) is 11.5 Å². The smallest absolute Gasteiger partial charge is 0.257 e. The van der Waals surface area contributed by atoms with Gasteiger partial charge < -0.3 is 19.7 Å². The van der Waals surface area contributed by atoms with Crippen molar-refractivity contribution in [1.29, 1.82) is 0 Å². The van der Waals surface area contributed by atoms with Crippen molar-refractivity contribution in [2.24, 2.45) is 0 Å². The number of carbonyl (C=O) groups excluding carboxylic acids is 1. The molecule has 33 heavy (non-hydrogen) atoms. The number of methoxy groups -OCH3 is 1. The fourth-order valence-electron chi connectivity index (χ4n) is 4.19. The number of aryl methyl sites for hydroxylation is 1. The Bertz CT molecular complexity index is 1070. The van der Waals surface area contributed by atoms with E-state index in [0.717, 1.165) is 48.2 Å². The zero-order valence-corrected chi connectivity index (χ0v) is 19.4. The molecule has 0 bridgehead atoms. The number of amides is 1. The van der Waals surface area contributed by atoms with Crippen LogP contribution in [0.3, 0.4) is 0 Å². The van der Waals surface area contributed by atoms with E-state index in [1.165, 1.54) is 5.56 Å². The Balaban J connectivity index is 1.49. The van der Waals surface area contributed by atoms with Crippen molar-refractivity contribution in [2.45, 2.75) is 38.8 Å². The lowest BCUT2D eigenvalue weighted by Gasteiger charge is -2.38. The van der Waals surface area contributed by atoms with Crippen LogP contribution in [0.4, 0.5) is 5.69 Å². The van der Waals surface area contributed by atoms with Crippen molar-refractivity contribution < 1.29 is 14.3 Å². The molecule has 0 saturated carbocycles. The predicted octanol–water partition coefficient (Wildman–Crippen LogP) is 6.07. The maximum atomic E-state index is 13.2. The molecule has 1 unspecified atom stereocenters. The topological polar surface area (TPSA) is 50.8 Å². The molecule has 1 aliphatic heterocycles. The summed E-state index contributed by atoms with van der Waals surface area (Å²) in [4.78, 5) is 15.2. The second-order valence-corrected chi connectivity index (χ2v) is 8.29. The number of unbranched alkanes of at least 4 members (excludes halogenated alkanes) is 1. The summed E-state index contributed by atoms with van der Waals surface area (Å²) in [5, 5.41) is 3.55. The quantitative estimate of drug-likeness (QED) is 0.386. The molecular weight excluding hydrogens is 412 g/mol. The van der Waals surface area contributed by atoms with Gasteiger partial charge in [0.25, 0.3) is 5.91 Å². The van der Waals surface area contributed by atoms with Crippen molar-refractivity contribution in [3.63, 3.8) is 0 Å². The fourth-order valence-corrected chi connectivity index (χ4v) is 4.19. The number of para-hydroxylation sites is 1. The summed E-state index contributed by atoms with van der Waals surface area (Å²) in [7, 11) is 1.65. The third kappa shape index (κ3) is 5.30. The molecule has 3 aromatic rings. The van der Waals surface area contributed by atoms with Crippen LogP contribution in [-0.2, 0) is 6.42 Å². The Kier molecular flexibility index (Phi) is 7.51. The van der Waals surface area contributed by atoms with Gasteiger partial charge in [-0.05, 0) is 54.7 Å². The lowest BCUT2D eigenvalue weighted by molar-refractivity contribution is 0.0680. The van der Waals surface area contributed by atoms with Crippen LogP contribution in [0.1, 0.15) is 53.8 Å². The van der Waals surface area contributed by atoms with E-state index in [0.29, 0.717) is 18.9 Å². The van der Waals surface area contributed by atoms with E-state index in [9.17, 15) is 4.79 Å². The molecule has 5 heteroatoms. The number of nitrogens with zero attached hydrogens (tertiary/aromatic N) is 1. The third-order valence-corrected chi connectivity index (χ3v) is 5.99. The average molecular weight is 445 g/mol. The van der Waals surface area contributed by atoms with Crippen LogP contribution in [0.5, 0.6) is 11.5 Å². The van der Waals surface area contributed by atoms with Gasteiger partial charge in [0.2, 0.25) is 0 Å². The van der Waals surface area contributed by atoms with Crippen LogP contribution < -0.4 is 14.8 Å². The Morgan fingerprint density at radius 1 is 0.939 bits per heavy atom. The first-order valence-electron chi connectivity index (χ1n) is 11.7. The van der Waals surface area contributed by atoms with E-state index in [4.69, 9.17) is 9.47 Å². The molecule has 172 valence electrons. The van der Waals surface area contributed by atoms with Gasteiger partial charge >= 0.3 is 0 Å². The van der Waals surface area contributed by atoms with Crippen molar-refractivity contribution in [1.82, 2.24) is 4.90 Å². The molecule has 1 atom stereocenters. The summed E-state index contributed by atoms with van der Waals surface area (Å²) in [6.45, 7) is 3.44. The maximum absolute atomic E-state index is 13.2. The number of carbonyl (C=O) groups is 1. The number of anilines is 1. The minimum Gasteiger partial charge on any atom is -0.493 e. The van der Waals surface area contributed by atoms with Crippen LogP contribution in [0, 0.1) is 0 Å². The SMILES string of the molecule is CCCCN1C(=O)c2ccccc2NC1c1ccc(OCCCc2ccccc2)c(OC)c1. The molecule has 0 radical (unpaired) electrons. The van der Waals surface area contributed by atoms with Gasteiger partial charge in [0, 0.05) is 12.2 Å². The van der Waals surface area contributed by atoms with E-state index in [1.54, 1.807) is 7.11 Å². The molecular formula is C28H32N2O3. The number of benzene rings is 3. The molecule has 3 aromatic carbocycles. The predicted molar refractivity (Wildman–Crippen MR) is 132 cm³/mol. The van der Waals surface area contributed by atoms with Crippen molar-refractivity contribution in [3.05, 3.63) is 89.5 Å². The number of hydrogen-bond acceptors (Lipinski definition) is 4. The number of ether oxygens (including phenoxy) is 2. The first kappa shape index (κ1) is 22.7. The van der Waals surface area contributed by atoms with Gasteiger partial charge in [-0.3, -0.25) is 4.79 Å². The monoisotopic (exact) mass is 444 g/mol. The van der Waals surface area contributed by atoms with Crippen LogP contribution in [0.15, 0.2) is 72.8 Å². The lowest BCUT2D eigenvalue weighted by Crippen LogP contribution is -2.43. The molecule has 0 aliphatic carbocycles. The van der Waals surface area contributed by atoms with Gasteiger partial charge in [-0.15, -0.1) is 0 Å². The van der Waals surface area contributed by atoms with Crippen molar-refractivity contribution >= 4 is 11.6 Å². The highest BCUT2D eigenvalue weighted by Crippen LogP contribution is 2.37. The number of fused-ring (bicyclic) bond motifs is 1. The van der Waals surface area contributed by atoms with E-state index in [-0.39, 0.29) is 12.1 Å². The highest BCUT2D eigenvalue weighted by atomic mass is 16.5. The minimum absolute atomic E-state index is 0.0583. The second kappa shape index (κ2) is 10.9. The van der Waals surface area contributed by atoms with Crippen molar-refractivity contribution in [2.75, 3.05) is 25.6 Å². The zero-order valence-electron chi connectivity index (χ0n) is 19.4. The summed E-state index contributed by atoms with van der Waals surface area (Å²) in [6, 6.07) is 24.1. The molecule has 1 heterocycles. The summed E-state index contributed by atoms with van der Waals surface area (Å²) in [5.41, 5.74) is 3.86. The minimum atomic E-state index is -0.250. The number of nitrogens with one attached hydrogen (secondary N) is 1. The Morgan fingerprint density at radius 2 is 1.73 bits per heavy atom. The molecule has 0 spiro atoms. The fraction of sp³-hybridized carbons (Fsp3) is 0.321. The third-order valence-electron chi connectivity index (χ3n) is 5.99. The van der Waals surface area contributed by atoms with E-state index >= 15 is 0 Å². The van der Waals surface area contributed by atoms with E-state index in [1.807, 2.05) is 53.4 Å². The van der Waals surface area contributed by atoms with Crippen LogP contribution in [-0.4, -0.2) is 31.1 Å². The molecule has 5 nitrogen and oxygen atoms in total. The molecule has 0 aromatic heterocycles. The highest BCUT2D eigenvalue weighted by Gasteiger charge is 2.32. The number of rotatable bonds is 10. The van der Waals surface area contributed by atoms with E-state index in [2.05, 4.69) is 36.5 Å². The molecule has 0 saturated heterocycles. The van der Waals surface area contributed by atoms with Crippen LogP contribution in [0.2, 0.25) is 0 Å². The number of hydrogen-bond donors (Lipinski definition) is 1. The summed E-state index contributed by atoms with van der Waals surface area (Å²) >= 11 is 0. The highest BCUT2D eigenvalue weighted by molar-refractivity contribution is 6.01. The molecule has 4 rings (SSSR count). The van der Waals surface area contributed by atoms with Gasteiger partial charge in [0.05, 0.1) is 19.3 Å². The molecule has 1 amide bonds. The Labute approximate surface area is 196 Å².